The van der Waals surface area contributed by atoms with Gasteiger partial charge in [-0.25, -0.2) is 14.8 Å². The number of imidazole rings is 1. The van der Waals surface area contributed by atoms with E-state index in [1.165, 1.54) is 13.3 Å². The normalized spacial score (nSPS) is 10.1. The van der Waals surface area contributed by atoms with Gasteiger partial charge in [0.1, 0.15) is 11.3 Å². The zero-order chi connectivity index (χ0) is 15.5. The molecular weight excluding hydrogens is 278 g/mol. The van der Waals surface area contributed by atoms with Crippen LogP contribution in [-0.2, 0) is 4.74 Å². The molecule has 0 bridgehead atoms. The van der Waals surface area contributed by atoms with Crippen LogP contribution in [0.1, 0.15) is 27.4 Å². The van der Waals surface area contributed by atoms with Crippen molar-refractivity contribution in [2.75, 3.05) is 7.11 Å². The number of ether oxygens (including phenoxy) is 1. The van der Waals surface area contributed by atoms with Gasteiger partial charge in [-0.05, 0) is 37.1 Å². The molecule has 3 aromatic heterocycles. The van der Waals surface area contributed by atoms with E-state index in [4.69, 9.17) is 4.74 Å². The molecular formula is C17H13N3O2. The lowest BCUT2D eigenvalue weighted by Crippen LogP contribution is -2.05. The lowest BCUT2D eigenvalue weighted by Gasteiger charge is -2.00. The maximum absolute atomic E-state index is 11.7. The molecule has 0 saturated heterocycles. The average Bonchev–Trinajstić information content (AvgIpc) is 2.95. The van der Waals surface area contributed by atoms with Crippen molar-refractivity contribution >= 4 is 11.6 Å². The molecule has 0 unspecified atom stereocenters. The second-order valence-corrected chi connectivity index (χ2v) is 4.70. The summed E-state index contributed by atoms with van der Waals surface area (Å²) in [7, 11) is 1.34. The maximum Gasteiger partial charge on any atom is 0.356 e. The molecule has 0 spiro atoms. The van der Waals surface area contributed by atoms with E-state index in [1.807, 2.05) is 31.2 Å². The fourth-order valence-electron chi connectivity index (χ4n) is 2.06. The van der Waals surface area contributed by atoms with Gasteiger partial charge in [-0.3, -0.25) is 4.40 Å². The Kier molecular flexibility index (Phi) is 3.58. The second-order valence-electron chi connectivity index (χ2n) is 4.70. The van der Waals surface area contributed by atoms with Crippen molar-refractivity contribution in [2.24, 2.45) is 0 Å². The number of pyridine rings is 2. The van der Waals surface area contributed by atoms with Gasteiger partial charge < -0.3 is 4.74 Å². The Morgan fingerprint density at radius 3 is 2.86 bits per heavy atom. The number of methoxy groups -OCH3 is 1. The first kappa shape index (κ1) is 13.8. The van der Waals surface area contributed by atoms with Crippen LogP contribution in [0.25, 0.3) is 5.65 Å². The Labute approximate surface area is 127 Å². The van der Waals surface area contributed by atoms with Gasteiger partial charge in [-0.15, -0.1) is 0 Å². The van der Waals surface area contributed by atoms with E-state index in [-0.39, 0.29) is 0 Å². The van der Waals surface area contributed by atoms with E-state index < -0.39 is 5.97 Å². The third-order valence-electron chi connectivity index (χ3n) is 3.12. The SMILES string of the molecule is COC(=O)c1cnc2ccc(C#Cc3cccc(C)n3)cn12. The van der Waals surface area contributed by atoms with Crippen molar-refractivity contribution in [3.63, 3.8) is 0 Å². The molecule has 0 aliphatic rings. The number of carbonyl (C=O) groups is 1. The highest BCUT2D eigenvalue weighted by molar-refractivity contribution is 5.88. The van der Waals surface area contributed by atoms with Gasteiger partial charge in [0, 0.05) is 17.5 Å². The summed E-state index contributed by atoms with van der Waals surface area (Å²) in [5.41, 5.74) is 3.43. The lowest BCUT2D eigenvalue weighted by atomic mass is 10.2. The number of hydrogen-bond donors (Lipinski definition) is 0. The van der Waals surface area contributed by atoms with E-state index in [0.29, 0.717) is 17.0 Å². The Morgan fingerprint density at radius 2 is 2.09 bits per heavy atom. The first-order valence-corrected chi connectivity index (χ1v) is 6.68. The summed E-state index contributed by atoms with van der Waals surface area (Å²) in [6.07, 6.45) is 3.25. The zero-order valence-electron chi connectivity index (χ0n) is 12.2. The topological polar surface area (TPSA) is 56.5 Å². The van der Waals surface area contributed by atoms with Crippen LogP contribution in [0.3, 0.4) is 0 Å². The van der Waals surface area contributed by atoms with Crippen molar-refractivity contribution in [2.45, 2.75) is 6.92 Å². The van der Waals surface area contributed by atoms with Crippen molar-refractivity contribution in [3.05, 3.63) is 65.4 Å². The van der Waals surface area contributed by atoms with Crippen molar-refractivity contribution in [1.29, 1.82) is 0 Å². The third-order valence-corrected chi connectivity index (χ3v) is 3.12. The number of carbonyl (C=O) groups excluding carboxylic acids is 1. The van der Waals surface area contributed by atoms with Crippen LogP contribution < -0.4 is 0 Å². The third kappa shape index (κ3) is 2.67. The maximum atomic E-state index is 11.7. The van der Waals surface area contributed by atoms with E-state index in [2.05, 4.69) is 21.8 Å². The Bertz CT molecular complexity index is 916. The Hall–Kier alpha value is -3.13. The van der Waals surface area contributed by atoms with E-state index in [1.54, 1.807) is 16.7 Å². The van der Waals surface area contributed by atoms with Crippen molar-refractivity contribution in [3.8, 4) is 11.8 Å². The van der Waals surface area contributed by atoms with Gasteiger partial charge in [0.25, 0.3) is 0 Å². The van der Waals surface area contributed by atoms with Crippen molar-refractivity contribution in [1.82, 2.24) is 14.4 Å². The van der Waals surface area contributed by atoms with Crippen molar-refractivity contribution < 1.29 is 9.53 Å². The number of aromatic nitrogens is 3. The molecule has 0 aliphatic carbocycles. The number of hydrogen-bond acceptors (Lipinski definition) is 4. The molecule has 5 heteroatoms. The van der Waals surface area contributed by atoms with Crippen LogP contribution in [0.5, 0.6) is 0 Å². The van der Waals surface area contributed by atoms with Crippen LogP contribution in [0.15, 0.2) is 42.7 Å². The molecule has 0 N–H and O–H groups in total. The summed E-state index contributed by atoms with van der Waals surface area (Å²) >= 11 is 0. The molecule has 22 heavy (non-hydrogen) atoms. The molecule has 3 aromatic rings. The summed E-state index contributed by atoms with van der Waals surface area (Å²) in [6, 6.07) is 9.36. The molecule has 0 amide bonds. The molecule has 0 saturated carbocycles. The predicted octanol–water partition coefficient (Wildman–Crippen LogP) is 2.22. The molecule has 3 heterocycles. The number of rotatable bonds is 1. The predicted molar refractivity (Wildman–Crippen MR) is 81.5 cm³/mol. The molecule has 0 aliphatic heterocycles. The van der Waals surface area contributed by atoms with E-state index >= 15 is 0 Å². The summed E-state index contributed by atoms with van der Waals surface area (Å²) in [6.45, 7) is 1.92. The minimum Gasteiger partial charge on any atom is -0.464 e. The minimum atomic E-state index is -0.432. The smallest absolute Gasteiger partial charge is 0.356 e. The summed E-state index contributed by atoms with van der Waals surface area (Å²) in [4.78, 5) is 20.2. The number of fused-ring (bicyclic) bond motifs is 1. The van der Waals surface area contributed by atoms with Crippen LogP contribution in [0, 0.1) is 18.8 Å². The van der Waals surface area contributed by atoms with Crippen LogP contribution in [0.4, 0.5) is 0 Å². The molecule has 5 nitrogen and oxygen atoms in total. The molecule has 0 radical (unpaired) electrons. The van der Waals surface area contributed by atoms with E-state index in [9.17, 15) is 4.79 Å². The number of esters is 1. The Balaban J connectivity index is 2.00. The van der Waals surface area contributed by atoms with Gasteiger partial charge >= 0.3 is 5.97 Å². The molecule has 0 atom stereocenters. The highest BCUT2D eigenvalue weighted by Crippen LogP contribution is 2.10. The summed E-state index contributed by atoms with van der Waals surface area (Å²) in [5.74, 6) is 5.62. The first-order valence-electron chi connectivity index (χ1n) is 6.68. The van der Waals surface area contributed by atoms with Gasteiger partial charge in [0.05, 0.1) is 13.3 Å². The summed E-state index contributed by atoms with van der Waals surface area (Å²) in [5, 5.41) is 0. The zero-order valence-corrected chi connectivity index (χ0v) is 12.2. The van der Waals surface area contributed by atoms with Crippen LogP contribution in [0.2, 0.25) is 0 Å². The standard InChI is InChI=1S/C17H13N3O2/c1-12-4-3-5-14(19-12)8-6-13-7-9-16-18-10-15(17(21)22-2)20(16)11-13/h3-5,7,9-11H,1-2H3. The van der Waals surface area contributed by atoms with Gasteiger partial charge in [-0.1, -0.05) is 12.0 Å². The average molecular weight is 291 g/mol. The van der Waals surface area contributed by atoms with Crippen LogP contribution in [-0.4, -0.2) is 27.4 Å². The monoisotopic (exact) mass is 291 g/mol. The fraction of sp³-hybridized carbons (Fsp3) is 0.118. The van der Waals surface area contributed by atoms with Gasteiger partial charge in [-0.2, -0.15) is 0 Å². The largest absolute Gasteiger partial charge is 0.464 e. The lowest BCUT2D eigenvalue weighted by molar-refractivity contribution is 0.0593. The molecule has 3 rings (SSSR count). The minimum absolute atomic E-state index is 0.370. The highest BCUT2D eigenvalue weighted by Gasteiger charge is 2.11. The van der Waals surface area contributed by atoms with Gasteiger partial charge in [0.2, 0.25) is 0 Å². The number of aryl methyl sites for hydroxylation is 1. The van der Waals surface area contributed by atoms with Crippen LogP contribution >= 0.6 is 0 Å². The Morgan fingerprint density at radius 1 is 1.23 bits per heavy atom. The second kappa shape index (κ2) is 5.70. The number of nitrogens with zero attached hydrogens (tertiary/aromatic N) is 3. The van der Waals surface area contributed by atoms with E-state index in [0.717, 1.165) is 11.3 Å². The first-order chi connectivity index (χ1) is 10.7. The van der Waals surface area contributed by atoms with Gasteiger partial charge in [0.15, 0.2) is 5.69 Å². The highest BCUT2D eigenvalue weighted by atomic mass is 16.5. The molecule has 108 valence electrons. The summed E-state index contributed by atoms with van der Waals surface area (Å²) < 4.78 is 6.41. The fourth-order valence-corrected chi connectivity index (χ4v) is 2.06. The quantitative estimate of drug-likeness (QED) is 0.509. The molecule has 0 aromatic carbocycles. The molecule has 0 fully saturated rings.